The third kappa shape index (κ3) is 1.62. The number of nitrogens with zero attached hydrogens (tertiary/aromatic N) is 1. The SMILES string of the molecule is NN1C(C=O)COC1S(=O)(=O)O. The quantitative estimate of drug-likeness (QED) is 0.296. The van der Waals surface area contributed by atoms with E-state index >= 15 is 0 Å². The van der Waals surface area contributed by atoms with Gasteiger partial charge in [-0.1, -0.05) is 0 Å². The highest BCUT2D eigenvalue weighted by atomic mass is 32.2. The lowest BCUT2D eigenvalue weighted by molar-refractivity contribution is -0.111. The maximum atomic E-state index is 10.5. The Labute approximate surface area is 68.8 Å². The molecule has 2 unspecified atom stereocenters. The summed E-state index contributed by atoms with van der Waals surface area (Å²) in [5.74, 6) is 5.16. The van der Waals surface area contributed by atoms with Crippen LogP contribution >= 0.6 is 0 Å². The van der Waals surface area contributed by atoms with Crippen LogP contribution in [0.1, 0.15) is 0 Å². The number of hydrogen-bond donors (Lipinski definition) is 2. The Morgan fingerprint density at radius 3 is 2.50 bits per heavy atom. The molecule has 0 aliphatic carbocycles. The van der Waals surface area contributed by atoms with Gasteiger partial charge in [-0.2, -0.15) is 13.4 Å². The van der Waals surface area contributed by atoms with Crippen LogP contribution in [0, 0.1) is 0 Å². The van der Waals surface area contributed by atoms with Crippen molar-refractivity contribution in [3.8, 4) is 0 Å². The molecule has 3 N–H and O–H groups in total. The van der Waals surface area contributed by atoms with Crippen LogP contribution in [0.25, 0.3) is 0 Å². The van der Waals surface area contributed by atoms with E-state index in [1.54, 1.807) is 0 Å². The molecule has 0 aromatic rings. The fourth-order valence-corrected chi connectivity index (χ4v) is 1.57. The van der Waals surface area contributed by atoms with Crippen molar-refractivity contribution in [1.82, 2.24) is 5.01 Å². The Bertz CT molecular complexity index is 275. The molecule has 2 atom stereocenters. The van der Waals surface area contributed by atoms with E-state index in [4.69, 9.17) is 10.4 Å². The molecule has 0 aromatic heterocycles. The summed E-state index contributed by atoms with van der Waals surface area (Å²) in [5.41, 5.74) is -1.63. The van der Waals surface area contributed by atoms with Gasteiger partial charge in [-0.25, -0.2) is 0 Å². The summed E-state index contributed by atoms with van der Waals surface area (Å²) in [5, 5.41) is 0.655. The first-order valence-corrected chi connectivity index (χ1v) is 4.53. The lowest BCUT2D eigenvalue weighted by Crippen LogP contribution is -2.46. The Balaban J connectivity index is 2.80. The molecule has 0 spiro atoms. The summed E-state index contributed by atoms with van der Waals surface area (Å²) in [6, 6.07) is -0.822. The van der Waals surface area contributed by atoms with Gasteiger partial charge in [-0.05, 0) is 0 Å². The standard InChI is InChI=1S/C4H8N2O5S/c5-6-3(1-7)2-11-4(6)12(8,9)10/h1,3-4H,2,5H2,(H,8,9,10). The van der Waals surface area contributed by atoms with Crippen LogP contribution < -0.4 is 5.84 Å². The van der Waals surface area contributed by atoms with E-state index in [1.807, 2.05) is 0 Å². The molecule has 0 aromatic carbocycles. The molecular weight excluding hydrogens is 188 g/mol. The average Bonchev–Trinajstić information content (AvgIpc) is 2.29. The minimum atomic E-state index is -4.37. The smallest absolute Gasteiger partial charge is 0.308 e. The van der Waals surface area contributed by atoms with Gasteiger partial charge in [0.15, 0.2) is 0 Å². The topological polar surface area (TPSA) is 110 Å². The van der Waals surface area contributed by atoms with Crippen molar-refractivity contribution in [3.05, 3.63) is 0 Å². The first-order chi connectivity index (χ1) is 5.46. The van der Waals surface area contributed by atoms with Gasteiger partial charge in [0.25, 0.3) is 5.56 Å². The summed E-state index contributed by atoms with van der Waals surface area (Å²) in [6.45, 7) is -0.134. The number of rotatable bonds is 2. The molecule has 0 bridgehead atoms. The van der Waals surface area contributed by atoms with Crippen molar-refractivity contribution < 1.29 is 22.5 Å². The second-order valence-electron chi connectivity index (χ2n) is 2.31. The lowest BCUT2D eigenvalue weighted by Gasteiger charge is -2.16. The highest BCUT2D eigenvalue weighted by Gasteiger charge is 2.40. The van der Waals surface area contributed by atoms with Crippen molar-refractivity contribution in [2.24, 2.45) is 5.84 Å². The largest absolute Gasteiger partial charge is 0.344 e. The Kier molecular flexibility index (Phi) is 2.44. The van der Waals surface area contributed by atoms with Crippen LogP contribution in [-0.2, 0) is 19.6 Å². The van der Waals surface area contributed by atoms with Crippen LogP contribution in [0.4, 0.5) is 0 Å². The van der Waals surface area contributed by atoms with Gasteiger partial charge in [0, 0.05) is 0 Å². The van der Waals surface area contributed by atoms with E-state index in [0.717, 1.165) is 0 Å². The van der Waals surface area contributed by atoms with Gasteiger partial charge in [0.05, 0.1) is 6.61 Å². The van der Waals surface area contributed by atoms with Crippen molar-refractivity contribution in [2.75, 3.05) is 6.61 Å². The molecule has 1 aliphatic rings. The number of carbonyl (C=O) groups is 1. The number of ether oxygens (including phenoxy) is 1. The normalized spacial score (nSPS) is 32.2. The van der Waals surface area contributed by atoms with Gasteiger partial charge in [0.2, 0.25) is 0 Å². The Morgan fingerprint density at radius 2 is 2.25 bits per heavy atom. The third-order valence-corrected chi connectivity index (χ3v) is 2.34. The number of hydrogen-bond acceptors (Lipinski definition) is 6. The summed E-state index contributed by atoms with van der Waals surface area (Å²) in [4.78, 5) is 10.2. The molecule has 70 valence electrons. The van der Waals surface area contributed by atoms with Crippen molar-refractivity contribution >= 4 is 16.4 Å². The van der Waals surface area contributed by atoms with E-state index in [1.165, 1.54) is 0 Å². The molecule has 8 heteroatoms. The van der Waals surface area contributed by atoms with E-state index in [2.05, 4.69) is 4.74 Å². The third-order valence-electron chi connectivity index (χ3n) is 1.45. The van der Waals surface area contributed by atoms with Crippen LogP contribution in [0.2, 0.25) is 0 Å². The first-order valence-electron chi connectivity index (χ1n) is 3.03. The van der Waals surface area contributed by atoms with Crippen molar-refractivity contribution in [2.45, 2.75) is 11.6 Å². The number of hydrazine groups is 1. The summed E-state index contributed by atoms with van der Waals surface area (Å²) >= 11 is 0. The van der Waals surface area contributed by atoms with Crippen LogP contribution in [0.15, 0.2) is 0 Å². The van der Waals surface area contributed by atoms with Gasteiger partial charge in [-0.15, -0.1) is 0 Å². The minimum Gasteiger partial charge on any atom is -0.344 e. The van der Waals surface area contributed by atoms with E-state index in [9.17, 15) is 13.2 Å². The number of aldehydes is 1. The van der Waals surface area contributed by atoms with E-state index < -0.39 is 21.7 Å². The van der Waals surface area contributed by atoms with Crippen LogP contribution in [0.3, 0.4) is 0 Å². The monoisotopic (exact) mass is 196 g/mol. The second-order valence-corrected chi connectivity index (χ2v) is 3.74. The van der Waals surface area contributed by atoms with Crippen molar-refractivity contribution in [1.29, 1.82) is 0 Å². The fraction of sp³-hybridized carbons (Fsp3) is 0.750. The number of carbonyl (C=O) groups excluding carboxylic acids is 1. The average molecular weight is 196 g/mol. The molecular formula is C4H8N2O5S. The highest BCUT2D eigenvalue weighted by molar-refractivity contribution is 7.86. The van der Waals surface area contributed by atoms with Crippen molar-refractivity contribution in [3.63, 3.8) is 0 Å². The molecule has 1 heterocycles. The number of nitrogens with two attached hydrogens (primary N) is 1. The molecule has 0 saturated carbocycles. The first kappa shape index (κ1) is 9.55. The minimum absolute atomic E-state index is 0.134. The fourth-order valence-electron chi connectivity index (χ4n) is 0.859. The van der Waals surface area contributed by atoms with E-state index in [0.29, 0.717) is 11.3 Å². The maximum Gasteiger partial charge on any atom is 0.308 e. The molecule has 1 aliphatic heterocycles. The summed E-state index contributed by atoms with van der Waals surface area (Å²) < 4.78 is 34.1. The zero-order valence-electron chi connectivity index (χ0n) is 5.95. The molecule has 1 rings (SSSR count). The highest BCUT2D eigenvalue weighted by Crippen LogP contribution is 2.14. The molecule has 12 heavy (non-hydrogen) atoms. The Morgan fingerprint density at radius 1 is 1.67 bits per heavy atom. The molecule has 1 saturated heterocycles. The predicted molar refractivity (Wildman–Crippen MR) is 37.2 cm³/mol. The summed E-state index contributed by atoms with van der Waals surface area (Å²) in [6.07, 6.45) is 0.450. The van der Waals surface area contributed by atoms with Gasteiger partial charge in [0.1, 0.15) is 12.3 Å². The van der Waals surface area contributed by atoms with E-state index in [-0.39, 0.29) is 6.61 Å². The molecule has 7 nitrogen and oxygen atoms in total. The molecule has 0 amide bonds. The Hall–Kier alpha value is -0.540. The zero-order chi connectivity index (χ0) is 9.35. The van der Waals surface area contributed by atoms with Gasteiger partial charge < -0.3 is 9.53 Å². The van der Waals surface area contributed by atoms with Crippen LogP contribution in [0.5, 0.6) is 0 Å². The van der Waals surface area contributed by atoms with Gasteiger partial charge >= 0.3 is 10.1 Å². The van der Waals surface area contributed by atoms with Crippen LogP contribution in [-0.4, -0.2) is 42.5 Å². The predicted octanol–water partition coefficient (Wildman–Crippen LogP) is -2.07. The lowest BCUT2D eigenvalue weighted by atomic mass is 10.4. The molecule has 1 fully saturated rings. The van der Waals surface area contributed by atoms with Gasteiger partial charge in [-0.3, -0.25) is 10.4 Å². The summed E-state index contributed by atoms with van der Waals surface area (Å²) in [7, 11) is -4.37. The zero-order valence-corrected chi connectivity index (χ0v) is 6.77. The second kappa shape index (κ2) is 3.07. The maximum absolute atomic E-state index is 10.5. The molecule has 0 radical (unpaired) electrons.